The molecule has 0 bridgehead atoms. The number of aliphatic hydroxyl groups is 1. The van der Waals surface area contributed by atoms with Crippen LogP contribution in [-0.4, -0.2) is 10.1 Å². The molecule has 1 aromatic heterocycles. The first-order valence-corrected chi connectivity index (χ1v) is 5.67. The summed E-state index contributed by atoms with van der Waals surface area (Å²) in [5.41, 5.74) is 1.85. The fraction of sp³-hybridized carbons (Fsp3) is 0.250. The number of hydrogen-bond acceptors (Lipinski definition) is 3. The summed E-state index contributed by atoms with van der Waals surface area (Å²) >= 11 is 1.56. The Morgan fingerprint density at radius 3 is 2.40 bits per heavy atom. The lowest BCUT2D eigenvalue weighted by atomic mass is 10.1. The summed E-state index contributed by atoms with van der Waals surface area (Å²) in [6, 6.07) is 9.67. The van der Waals surface area contributed by atoms with E-state index in [9.17, 15) is 5.11 Å². The third-order valence-electron chi connectivity index (χ3n) is 2.30. The molecule has 0 radical (unpaired) electrons. The molecule has 1 aromatic carbocycles. The molecule has 78 valence electrons. The first kappa shape index (κ1) is 10.3. The van der Waals surface area contributed by atoms with Crippen LogP contribution in [0.4, 0.5) is 0 Å². The highest BCUT2D eigenvalue weighted by atomic mass is 32.1. The maximum atomic E-state index is 10.2. The summed E-state index contributed by atoms with van der Waals surface area (Å²) in [6.07, 6.45) is -0.544. The maximum absolute atomic E-state index is 10.2. The second-order valence-corrected chi connectivity index (χ2v) is 4.73. The van der Waals surface area contributed by atoms with Crippen LogP contribution in [0.2, 0.25) is 0 Å². The van der Waals surface area contributed by atoms with Gasteiger partial charge in [0, 0.05) is 0 Å². The minimum Gasteiger partial charge on any atom is -0.383 e. The van der Waals surface area contributed by atoms with E-state index in [0.717, 1.165) is 21.1 Å². The van der Waals surface area contributed by atoms with Crippen molar-refractivity contribution in [2.75, 3.05) is 0 Å². The van der Waals surface area contributed by atoms with Crippen LogP contribution in [0.3, 0.4) is 0 Å². The van der Waals surface area contributed by atoms with Gasteiger partial charge in [0.05, 0.1) is 15.6 Å². The van der Waals surface area contributed by atoms with Gasteiger partial charge in [-0.2, -0.15) is 0 Å². The molecule has 2 rings (SSSR count). The number of rotatable bonds is 2. The van der Waals surface area contributed by atoms with Crippen LogP contribution in [0.5, 0.6) is 0 Å². The Hall–Kier alpha value is -1.19. The highest BCUT2D eigenvalue weighted by Crippen LogP contribution is 2.29. The molecule has 0 saturated heterocycles. The average molecular weight is 219 g/mol. The molecule has 3 heteroatoms. The summed E-state index contributed by atoms with van der Waals surface area (Å²) in [7, 11) is 0. The van der Waals surface area contributed by atoms with E-state index >= 15 is 0 Å². The number of nitrogens with zero attached hydrogens (tertiary/aromatic N) is 1. The first-order chi connectivity index (χ1) is 7.18. The molecule has 15 heavy (non-hydrogen) atoms. The van der Waals surface area contributed by atoms with Crippen LogP contribution in [-0.2, 0) is 0 Å². The molecule has 0 aliphatic rings. The van der Waals surface area contributed by atoms with E-state index in [-0.39, 0.29) is 0 Å². The van der Waals surface area contributed by atoms with Crippen molar-refractivity contribution < 1.29 is 5.11 Å². The van der Waals surface area contributed by atoms with Crippen LogP contribution < -0.4 is 0 Å². The average Bonchev–Trinajstić information content (AvgIpc) is 2.58. The molecule has 2 aromatic rings. The first-order valence-electron chi connectivity index (χ1n) is 4.85. The predicted octanol–water partition coefficient (Wildman–Crippen LogP) is 2.84. The summed E-state index contributed by atoms with van der Waals surface area (Å²) in [6.45, 7) is 3.89. The second kappa shape index (κ2) is 4.13. The molecular formula is C12H13NOS. The Morgan fingerprint density at radius 1 is 1.20 bits per heavy atom. The minimum absolute atomic E-state index is 0.544. The zero-order valence-corrected chi connectivity index (χ0v) is 9.58. The SMILES string of the molecule is Cc1nc(C)c(C(O)c2ccccc2)s1. The van der Waals surface area contributed by atoms with Gasteiger partial charge in [-0.1, -0.05) is 30.3 Å². The van der Waals surface area contributed by atoms with E-state index in [1.54, 1.807) is 11.3 Å². The molecular weight excluding hydrogens is 206 g/mol. The molecule has 0 aliphatic heterocycles. The smallest absolute Gasteiger partial charge is 0.115 e. The highest BCUT2D eigenvalue weighted by Gasteiger charge is 2.15. The number of aliphatic hydroxyl groups excluding tert-OH is 1. The van der Waals surface area contributed by atoms with Crippen LogP contribution in [0.15, 0.2) is 30.3 Å². The third-order valence-corrected chi connectivity index (χ3v) is 3.43. The van der Waals surface area contributed by atoms with Gasteiger partial charge in [0.1, 0.15) is 6.10 Å². The van der Waals surface area contributed by atoms with Crippen molar-refractivity contribution in [1.29, 1.82) is 0 Å². The molecule has 1 atom stereocenters. The second-order valence-electron chi connectivity index (χ2n) is 3.50. The Balaban J connectivity index is 2.36. The Kier molecular flexibility index (Phi) is 2.84. The van der Waals surface area contributed by atoms with Gasteiger partial charge in [0.2, 0.25) is 0 Å². The van der Waals surface area contributed by atoms with Gasteiger partial charge in [0.25, 0.3) is 0 Å². The summed E-state index contributed by atoms with van der Waals surface area (Å²) in [4.78, 5) is 5.26. The van der Waals surface area contributed by atoms with Crippen molar-refractivity contribution in [3.05, 3.63) is 51.5 Å². The molecule has 0 spiro atoms. The topological polar surface area (TPSA) is 33.1 Å². The van der Waals surface area contributed by atoms with Gasteiger partial charge < -0.3 is 5.11 Å². The zero-order valence-electron chi connectivity index (χ0n) is 8.77. The van der Waals surface area contributed by atoms with Gasteiger partial charge in [-0.05, 0) is 19.4 Å². The summed E-state index contributed by atoms with van der Waals surface area (Å²) < 4.78 is 0. The lowest BCUT2D eigenvalue weighted by Gasteiger charge is -2.08. The number of benzene rings is 1. The van der Waals surface area contributed by atoms with E-state index in [4.69, 9.17) is 0 Å². The van der Waals surface area contributed by atoms with Crippen molar-refractivity contribution in [3.63, 3.8) is 0 Å². The van der Waals surface area contributed by atoms with E-state index in [0.29, 0.717) is 0 Å². The third kappa shape index (κ3) is 2.08. The normalized spacial score (nSPS) is 12.7. The van der Waals surface area contributed by atoms with Crippen LogP contribution >= 0.6 is 11.3 Å². The molecule has 0 aliphatic carbocycles. The van der Waals surface area contributed by atoms with Gasteiger partial charge >= 0.3 is 0 Å². The lowest BCUT2D eigenvalue weighted by Crippen LogP contribution is -1.98. The largest absolute Gasteiger partial charge is 0.383 e. The molecule has 2 nitrogen and oxygen atoms in total. The highest BCUT2D eigenvalue weighted by molar-refractivity contribution is 7.11. The fourth-order valence-electron chi connectivity index (χ4n) is 1.59. The Morgan fingerprint density at radius 2 is 1.87 bits per heavy atom. The number of aryl methyl sites for hydroxylation is 2. The monoisotopic (exact) mass is 219 g/mol. The fourth-order valence-corrected chi connectivity index (χ4v) is 2.53. The van der Waals surface area contributed by atoms with Crippen molar-refractivity contribution in [1.82, 2.24) is 4.98 Å². The maximum Gasteiger partial charge on any atom is 0.115 e. The van der Waals surface area contributed by atoms with E-state index in [2.05, 4.69) is 4.98 Å². The molecule has 1 N–H and O–H groups in total. The van der Waals surface area contributed by atoms with E-state index < -0.39 is 6.10 Å². The van der Waals surface area contributed by atoms with Crippen molar-refractivity contribution in [2.45, 2.75) is 20.0 Å². The quantitative estimate of drug-likeness (QED) is 0.842. The number of aromatic nitrogens is 1. The molecule has 0 amide bonds. The molecule has 0 saturated carbocycles. The van der Waals surface area contributed by atoms with Crippen LogP contribution in [0.25, 0.3) is 0 Å². The predicted molar refractivity (Wildman–Crippen MR) is 62.1 cm³/mol. The molecule has 0 fully saturated rings. The van der Waals surface area contributed by atoms with Crippen molar-refractivity contribution in [2.24, 2.45) is 0 Å². The standard InChI is InChI=1S/C12H13NOS/c1-8-12(15-9(2)13-8)11(14)10-6-4-3-5-7-10/h3-7,11,14H,1-2H3. The van der Waals surface area contributed by atoms with Crippen LogP contribution in [0.1, 0.15) is 27.2 Å². The van der Waals surface area contributed by atoms with Crippen molar-refractivity contribution >= 4 is 11.3 Å². The summed E-state index contributed by atoms with van der Waals surface area (Å²) in [5, 5.41) is 11.2. The number of hydrogen-bond donors (Lipinski definition) is 1. The minimum atomic E-state index is -0.544. The van der Waals surface area contributed by atoms with Crippen LogP contribution in [0, 0.1) is 13.8 Å². The molecule has 1 heterocycles. The Labute approximate surface area is 93.2 Å². The zero-order chi connectivity index (χ0) is 10.8. The van der Waals surface area contributed by atoms with E-state index in [1.807, 2.05) is 44.2 Å². The Bertz CT molecular complexity index is 450. The van der Waals surface area contributed by atoms with Gasteiger partial charge in [-0.3, -0.25) is 0 Å². The van der Waals surface area contributed by atoms with Gasteiger partial charge in [0.15, 0.2) is 0 Å². The van der Waals surface area contributed by atoms with Gasteiger partial charge in [-0.15, -0.1) is 11.3 Å². The number of thiazole rings is 1. The summed E-state index contributed by atoms with van der Waals surface area (Å²) in [5.74, 6) is 0. The van der Waals surface area contributed by atoms with Gasteiger partial charge in [-0.25, -0.2) is 4.98 Å². The van der Waals surface area contributed by atoms with Crippen molar-refractivity contribution in [3.8, 4) is 0 Å². The van der Waals surface area contributed by atoms with E-state index in [1.165, 1.54) is 0 Å². The molecule has 1 unspecified atom stereocenters. The lowest BCUT2D eigenvalue weighted by molar-refractivity contribution is 0.223.